The summed E-state index contributed by atoms with van der Waals surface area (Å²) in [7, 11) is 0. The maximum Gasteiger partial charge on any atom is 0.111 e. The minimum Gasteiger partial charge on any atom is -0.389 e. The van der Waals surface area contributed by atoms with E-state index in [0.29, 0.717) is 6.54 Å². The monoisotopic (exact) mass is 249 g/mol. The molecule has 17 heavy (non-hydrogen) atoms. The summed E-state index contributed by atoms with van der Waals surface area (Å²) in [6.45, 7) is 3.08. The fourth-order valence-electron chi connectivity index (χ4n) is 2.04. The Morgan fingerprint density at radius 3 is 1.76 bits per heavy atom. The Hall–Kier alpha value is -0.240. The largest absolute Gasteiger partial charge is 0.389 e. The molecule has 6 nitrogen and oxygen atoms in total. The average Bonchev–Trinajstić information content (AvgIpc) is 2.31. The number of unbranched alkanes of at least 4 members (excludes halogenated alkanes) is 1. The summed E-state index contributed by atoms with van der Waals surface area (Å²) >= 11 is 0. The van der Waals surface area contributed by atoms with Crippen molar-refractivity contribution in [2.75, 3.05) is 19.6 Å². The molecule has 1 saturated heterocycles. The quantitative estimate of drug-likeness (QED) is 0.393. The van der Waals surface area contributed by atoms with Crippen LogP contribution in [0.3, 0.4) is 0 Å². The van der Waals surface area contributed by atoms with E-state index in [-0.39, 0.29) is 13.1 Å². The normalized spacial score (nSPS) is 40.9. The van der Waals surface area contributed by atoms with E-state index in [2.05, 4.69) is 0 Å². The molecule has 5 N–H and O–H groups in total. The Labute approximate surface area is 101 Å². The van der Waals surface area contributed by atoms with E-state index in [9.17, 15) is 25.5 Å². The van der Waals surface area contributed by atoms with Gasteiger partial charge in [0.15, 0.2) is 0 Å². The molecule has 0 spiro atoms. The van der Waals surface area contributed by atoms with Crippen molar-refractivity contribution in [3.8, 4) is 0 Å². The molecule has 0 aliphatic carbocycles. The molecule has 1 aliphatic rings. The smallest absolute Gasteiger partial charge is 0.111 e. The van der Waals surface area contributed by atoms with Crippen LogP contribution in [0.25, 0.3) is 0 Å². The zero-order chi connectivity index (χ0) is 13.0. The number of hydrogen-bond donors (Lipinski definition) is 5. The topological polar surface area (TPSA) is 104 Å². The summed E-state index contributed by atoms with van der Waals surface area (Å²) in [5, 5.41) is 48.1. The van der Waals surface area contributed by atoms with Crippen LogP contribution in [0.5, 0.6) is 0 Å². The number of likely N-dealkylation sites (tertiary alicyclic amines) is 1. The fourth-order valence-corrected chi connectivity index (χ4v) is 2.04. The van der Waals surface area contributed by atoms with E-state index < -0.39 is 30.5 Å². The second kappa shape index (κ2) is 6.63. The molecule has 0 bridgehead atoms. The number of β-amino-alcohol motifs (C(OH)–C–C–N with tert-alkyl or cyclic N) is 2. The van der Waals surface area contributed by atoms with Crippen molar-refractivity contribution in [2.45, 2.75) is 50.3 Å². The van der Waals surface area contributed by atoms with Crippen LogP contribution in [0.15, 0.2) is 0 Å². The predicted molar refractivity (Wildman–Crippen MR) is 61.4 cm³/mol. The minimum atomic E-state index is -1.52. The summed E-state index contributed by atoms with van der Waals surface area (Å²) in [4.78, 5) is 1.79. The molecule has 5 atom stereocenters. The van der Waals surface area contributed by atoms with Crippen molar-refractivity contribution in [3.63, 3.8) is 0 Å². The van der Waals surface area contributed by atoms with Crippen LogP contribution in [0.2, 0.25) is 0 Å². The van der Waals surface area contributed by atoms with E-state index in [1.54, 1.807) is 4.90 Å². The molecule has 0 aromatic rings. The molecular weight excluding hydrogens is 226 g/mol. The first-order chi connectivity index (χ1) is 7.97. The van der Waals surface area contributed by atoms with Gasteiger partial charge in [0.1, 0.15) is 18.3 Å². The van der Waals surface area contributed by atoms with Gasteiger partial charge in [-0.15, -0.1) is 0 Å². The van der Waals surface area contributed by atoms with Gasteiger partial charge in [0.25, 0.3) is 0 Å². The summed E-state index contributed by atoms with van der Waals surface area (Å²) in [6, 6.07) is 0. The van der Waals surface area contributed by atoms with Crippen molar-refractivity contribution in [1.82, 2.24) is 4.90 Å². The fraction of sp³-hybridized carbons (Fsp3) is 1.00. The van der Waals surface area contributed by atoms with Crippen molar-refractivity contribution >= 4 is 0 Å². The zero-order valence-corrected chi connectivity index (χ0v) is 10.1. The maximum atomic E-state index is 9.68. The lowest BCUT2D eigenvalue weighted by Crippen LogP contribution is -2.57. The minimum absolute atomic E-state index is 0.183. The van der Waals surface area contributed by atoms with Crippen LogP contribution in [-0.2, 0) is 0 Å². The van der Waals surface area contributed by atoms with Gasteiger partial charge in [-0.05, 0) is 13.0 Å². The molecule has 1 aliphatic heterocycles. The lowest BCUT2D eigenvalue weighted by atomic mass is 9.96. The van der Waals surface area contributed by atoms with Gasteiger partial charge in [-0.1, -0.05) is 13.3 Å². The van der Waals surface area contributed by atoms with Gasteiger partial charge in [0.2, 0.25) is 0 Å². The molecule has 0 aromatic heterocycles. The van der Waals surface area contributed by atoms with E-state index in [4.69, 9.17) is 0 Å². The Morgan fingerprint density at radius 2 is 1.35 bits per heavy atom. The van der Waals surface area contributed by atoms with E-state index in [0.717, 1.165) is 12.8 Å². The molecule has 0 radical (unpaired) electrons. The standard InChI is InChI=1S/C11H23NO5/c1-2-3-4-12-5-7(13)9(15)11(17)10(16)8(14)6-12/h7-11,13-17H,2-6H2,1H3/t7-,8+,9-,10-,11?/m1/s1. The summed E-state index contributed by atoms with van der Waals surface area (Å²) in [6.07, 6.45) is -4.75. The number of aliphatic hydroxyl groups is 5. The number of nitrogens with zero attached hydrogens (tertiary/aromatic N) is 1. The molecule has 0 amide bonds. The Balaban J connectivity index is 2.67. The van der Waals surface area contributed by atoms with Crippen LogP contribution in [0.4, 0.5) is 0 Å². The van der Waals surface area contributed by atoms with Crippen LogP contribution in [0, 0.1) is 0 Å². The van der Waals surface area contributed by atoms with Gasteiger partial charge < -0.3 is 25.5 Å². The third kappa shape index (κ3) is 3.87. The van der Waals surface area contributed by atoms with Gasteiger partial charge in [0.05, 0.1) is 12.2 Å². The van der Waals surface area contributed by atoms with Crippen LogP contribution < -0.4 is 0 Å². The highest BCUT2D eigenvalue weighted by atomic mass is 16.4. The number of rotatable bonds is 3. The van der Waals surface area contributed by atoms with Crippen LogP contribution >= 0.6 is 0 Å². The highest BCUT2D eigenvalue weighted by molar-refractivity contribution is 4.90. The number of hydrogen-bond acceptors (Lipinski definition) is 6. The third-order valence-corrected chi connectivity index (χ3v) is 3.21. The second-order valence-electron chi connectivity index (χ2n) is 4.72. The van der Waals surface area contributed by atoms with E-state index in [1.165, 1.54) is 0 Å². The lowest BCUT2D eigenvalue weighted by Gasteiger charge is -2.37. The summed E-state index contributed by atoms with van der Waals surface area (Å²) in [5.41, 5.74) is 0. The Kier molecular flexibility index (Phi) is 5.78. The number of aliphatic hydroxyl groups excluding tert-OH is 5. The van der Waals surface area contributed by atoms with Crippen LogP contribution in [0.1, 0.15) is 19.8 Å². The molecule has 1 rings (SSSR count). The van der Waals surface area contributed by atoms with Gasteiger partial charge in [-0.2, -0.15) is 0 Å². The Bertz CT molecular complexity index is 210. The van der Waals surface area contributed by atoms with E-state index >= 15 is 0 Å². The van der Waals surface area contributed by atoms with Crippen molar-refractivity contribution in [1.29, 1.82) is 0 Å². The Morgan fingerprint density at radius 1 is 0.882 bits per heavy atom. The third-order valence-electron chi connectivity index (χ3n) is 3.21. The molecular formula is C11H23NO5. The molecule has 0 saturated carbocycles. The van der Waals surface area contributed by atoms with Crippen molar-refractivity contribution in [2.24, 2.45) is 0 Å². The first-order valence-corrected chi connectivity index (χ1v) is 6.10. The predicted octanol–water partition coefficient (Wildman–Crippen LogP) is -2.09. The average molecular weight is 249 g/mol. The second-order valence-corrected chi connectivity index (χ2v) is 4.72. The highest BCUT2D eigenvalue weighted by Crippen LogP contribution is 2.15. The lowest BCUT2D eigenvalue weighted by molar-refractivity contribution is -0.155. The summed E-state index contributed by atoms with van der Waals surface area (Å²) < 4.78 is 0. The molecule has 0 aromatic carbocycles. The van der Waals surface area contributed by atoms with Gasteiger partial charge in [-0.3, -0.25) is 4.90 Å². The SMILES string of the molecule is CCCCN1C[C@@H](O)[C@@H](O)C(O)[C@H](O)[C@@H](O)C1. The first-order valence-electron chi connectivity index (χ1n) is 6.10. The highest BCUT2D eigenvalue weighted by Gasteiger charge is 2.38. The molecule has 1 unspecified atom stereocenters. The molecule has 102 valence electrons. The van der Waals surface area contributed by atoms with Crippen molar-refractivity contribution < 1.29 is 25.5 Å². The van der Waals surface area contributed by atoms with Gasteiger partial charge in [0, 0.05) is 13.1 Å². The molecule has 1 fully saturated rings. The summed E-state index contributed by atoms with van der Waals surface area (Å²) in [5.74, 6) is 0. The van der Waals surface area contributed by atoms with Gasteiger partial charge >= 0.3 is 0 Å². The van der Waals surface area contributed by atoms with Crippen LogP contribution in [-0.4, -0.2) is 80.6 Å². The van der Waals surface area contributed by atoms with Gasteiger partial charge in [-0.25, -0.2) is 0 Å². The first kappa shape index (κ1) is 14.8. The van der Waals surface area contributed by atoms with E-state index in [1.807, 2.05) is 6.92 Å². The molecule has 6 heteroatoms. The maximum absolute atomic E-state index is 9.68. The zero-order valence-electron chi connectivity index (χ0n) is 10.1. The molecule has 1 heterocycles. The van der Waals surface area contributed by atoms with Crippen molar-refractivity contribution in [3.05, 3.63) is 0 Å².